The van der Waals surface area contributed by atoms with E-state index in [1.54, 1.807) is 36.4 Å². The Morgan fingerprint density at radius 3 is 2.48 bits per heavy atom. The van der Waals surface area contributed by atoms with Crippen molar-refractivity contribution in [1.82, 2.24) is 4.98 Å². The number of benzene rings is 2. The minimum Gasteiger partial charge on any atom is -0.303 e. The van der Waals surface area contributed by atoms with Crippen LogP contribution in [0, 0.1) is 0 Å². The third-order valence-electron chi connectivity index (χ3n) is 3.66. The lowest BCUT2D eigenvalue weighted by Gasteiger charge is -2.08. The maximum atomic E-state index is 12.6. The van der Waals surface area contributed by atoms with Gasteiger partial charge in [-0.3, -0.25) is 4.98 Å². The Labute approximate surface area is 134 Å². The number of aromatic nitrogens is 1. The molecule has 0 radical (unpaired) electrons. The Balaban J connectivity index is 2.09. The summed E-state index contributed by atoms with van der Waals surface area (Å²) in [5, 5.41) is 0.755. The second-order valence-electron chi connectivity index (χ2n) is 5.18. The first-order valence-corrected chi connectivity index (χ1v) is 8.72. The van der Waals surface area contributed by atoms with Gasteiger partial charge in [0.25, 0.3) is 0 Å². The zero-order valence-corrected chi connectivity index (χ0v) is 13.2. The van der Waals surface area contributed by atoms with Crippen LogP contribution in [0.3, 0.4) is 0 Å². The number of nitrogens with zero attached hydrogens (tertiary/aromatic N) is 1. The van der Waals surface area contributed by atoms with E-state index in [2.05, 4.69) is 4.98 Å². The van der Waals surface area contributed by atoms with E-state index in [1.807, 2.05) is 18.2 Å². The molecule has 0 amide bonds. The molecule has 0 fully saturated rings. The fourth-order valence-electron chi connectivity index (χ4n) is 2.50. The van der Waals surface area contributed by atoms with Crippen molar-refractivity contribution in [3.8, 4) is 0 Å². The molecule has 23 heavy (non-hydrogen) atoms. The summed E-state index contributed by atoms with van der Waals surface area (Å²) in [7, 11) is -3.58. The molecule has 4 nitrogen and oxygen atoms in total. The molecule has 0 N–H and O–H groups in total. The molecule has 2 aromatic carbocycles. The van der Waals surface area contributed by atoms with Crippen LogP contribution in [-0.2, 0) is 21.1 Å². The Morgan fingerprint density at radius 2 is 1.74 bits per heavy atom. The van der Waals surface area contributed by atoms with E-state index in [0.29, 0.717) is 12.8 Å². The van der Waals surface area contributed by atoms with Crippen molar-refractivity contribution in [3.63, 3.8) is 0 Å². The molecule has 0 aliphatic heterocycles. The van der Waals surface area contributed by atoms with Crippen LogP contribution in [0.15, 0.2) is 70.6 Å². The van der Waals surface area contributed by atoms with Gasteiger partial charge in [-0.25, -0.2) is 8.42 Å². The predicted octanol–water partition coefficient (Wildman–Crippen LogP) is 3.20. The van der Waals surface area contributed by atoms with E-state index in [4.69, 9.17) is 0 Å². The van der Waals surface area contributed by atoms with Gasteiger partial charge in [-0.1, -0.05) is 36.4 Å². The first-order valence-electron chi connectivity index (χ1n) is 7.24. The van der Waals surface area contributed by atoms with Crippen molar-refractivity contribution in [2.45, 2.75) is 22.6 Å². The maximum Gasteiger partial charge on any atom is 0.208 e. The average molecular weight is 325 g/mol. The van der Waals surface area contributed by atoms with Crippen molar-refractivity contribution in [3.05, 3.63) is 66.4 Å². The number of aldehydes is 1. The van der Waals surface area contributed by atoms with Crippen LogP contribution < -0.4 is 0 Å². The van der Waals surface area contributed by atoms with Crippen LogP contribution in [0.1, 0.15) is 12.0 Å². The smallest absolute Gasteiger partial charge is 0.208 e. The molecule has 116 valence electrons. The lowest BCUT2D eigenvalue weighted by Crippen LogP contribution is -2.03. The highest BCUT2D eigenvalue weighted by molar-refractivity contribution is 7.91. The number of hydrogen-bond donors (Lipinski definition) is 0. The molecule has 0 saturated heterocycles. The normalized spacial score (nSPS) is 11.5. The van der Waals surface area contributed by atoms with Gasteiger partial charge in [0.15, 0.2) is 0 Å². The molecule has 5 heteroatoms. The molecule has 0 saturated carbocycles. The molecule has 0 unspecified atom stereocenters. The van der Waals surface area contributed by atoms with Gasteiger partial charge in [-0.2, -0.15) is 0 Å². The number of fused-ring (bicyclic) bond motifs is 1. The summed E-state index contributed by atoms with van der Waals surface area (Å²) in [4.78, 5) is 15.3. The van der Waals surface area contributed by atoms with Gasteiger partial charge >= 0.3 is 0 Å². The van der Waals surface area contributed by atoms with Crippen LogP contribution in [0.5, 0.6) is 0 Å². The molecule has 3 rings (SSSR count). The second-order valence-corrected chi connectivity index (χ2v) is 7.13. The lowest BCUT2D eigenvalue weighted by molar-refractivity contribution is -0.107. The zero-order chi connectivity index (χ0) is 16.3. The van der Waals surface area contributed by atoms with E-state index < -0.39 is 9.84 Å². The summed E-state index contributed by atoms with van der Waals surface area (Å²) in [6.07, 6.45) is 3.27. The average Bonchev–Trinajstić information content (AvgIpc) is 2.60. The van der Waals surface area contributed by atoms with Gasteiger partial charge in [0.2, 0.25) is 9.84 Å². The molecule has 0 spiro atoms. The van der Waals surface area contributed by atoms with Gasteiger partial charge in [-0.15, -0.1) is 0 Å². The Hall–Kier alpha value is -2.53. The monoisotopic (exact) mass is 325 g/mol. The molecule has 0 aliphatic carbocycles. The van der Waals surface area contributed by atoms with Gasteiger partial charge in [0, 0.05) is 18.0 Å². The Morgan fingerprint density at radius 1 is 0.957 bits per heavy atom. The van der Waals surface area contributed by atoms with E-state index >= 15 is 0 Å². The second kappa shape index (κ2) is 6.30. The first kappa shape index (κ1) is 15.4. The van der Waals surface area contributed by atoms with E-state index in [9.17, 15) is 13.2 Å². The standard InChI is InChI=1S/C18H15NO3S/c20-11-5-8-14-6-4-7-15-12-17(13-19-18(14)15)23(21,22)16-9-2-1-3-10-16/h1-4,6-7,9-13H,5,8H2. The summed E-state index contributed by atoms with van der Waals surface area (Å²) in [5.41, 5.74) is 1.68. The molecule has 3 aromatic rings. The Kier molecular flexibility index (Phi) is 4.21. The third-order valence-corrected chi connectivity index (χ3v) is 5.40. The summed E-state index contributed by atoms with van der Waals surface area (Å²) in [6, 6.07) is 15.5. The summed E-state index contributed by atoms with van der Waals surface area (Å²) in [5.74, 6) is 0. The topological polar surface area (TPSA) is 64.1 Å². The van der Waals surface area contributed by atoms with Crippen LogP contribution >= 0.6 is 0 Å². The van der Waals surface area contributed by atoms with Crippen LogP contribution in [0.25, 0.3) is 10.9 Å². The summed E-state index contributed by atoms with van der Waals surface area (Å²) < 4.78 is 25.3. The number of sulfone groups is 1. The molecule has 1 aromatic heterocycles. The van der Waals surface area contributed by atoms with Crippen LogP contribution in [0.4, 0.5) is 0 Å². The molecule has 1 heterocycles. The highest BCUT2D eigenvalue weighted by Gasteiger charge is 2.18. The summed E-state index contributed by atoms with van der Waals surface area (Å²) >= 11 is 0. The fourth-order valence-corrected chi connectivity index (χ4v) is 3.76. The number of pyridine rings is 1. The molecule has 0 bridgehead atoms. The number of carbonyl (C=O) groups excluding carboxylic acids is 1. The minimum atomic E-state index is -3.58. The van der Waals surface area contributed by atoms with E-state index in [0.717, 1.165) is 22.8 Å². The van der Waals surface area contributed by atoms with Crippen molar-refractivity contribution in [1.29, 1.82) is 0 Å². The molecule has 0 atom stereocenters. The van der Waals surface area contributed by atoms with Gasteiger partial charge in [0.05, 0.1) is 15.3 Å². The van der Waals surface area contributed by atoms with Crippen LogP contribution in [0.2, 0.25) is 0 Å². The van der Waals surface area contributed by atoms with E-state index in [-0.39, 0.29) is 9.79 Å². The minimum absolute atomic E-state index is 0.170. The van der Waals surface area contributed by atoms with Crippen molar-refractivity contribution >= 4 is 27.0 Å². The Bertz CT molecular complexity index is 950. The van der Waals surface area contributed by atoms with Crippen LogP contribution in [-0.4, -0.2) is 19.7 Å². The predicted molar refractivity (Wildman–Crippen MR) is 88.0 cm³/mol. The zero-order valence-electron chi connectivity index (χ0n) is 12.3. The van der Waals surface area contributed by atoms with E-state index in [1.165, 1.54) is 6.20 Å². The molecular weight excluding hydrogens is 310 g/mol. The van der Waals surface area contributed by atoms with Crippen molar-refractivity contribution in [2.75, 3.05) is 0 Å². The number of aryl methyl sites for hydroxylation is 1. The first-order chi connectivity index (χ1) is 11.1. The van der Waals surface area contributed by atoms with Crippen molar-refractivity contribution < 1.29 is 13.2 Å². The quantitative estimate of drug-likeness (QED) is 0.676. The number of hydrogen-bond acceptors (Lipinski definition) is 4. The van der Waals surface area contributed by atoms with Gasteiger partial charge < -0.3 is 4.79 Å². The highest BCUT2D eigenvalue weighted by Crippen LogP contribution is 2.25. The number of para-hydroxylation sites is 1. The molecule has 0 aliphatic rings. The lowest BCUT2D eigenvalue weighted by atomic mass is 10.1. The fraction of sp³-hybridized carbons (Fsp3) is 0.111. The largest absolute Gasteiger partial charge is 0.303 e. The highest BCUT2D eigenvalue weighted by atomic mass is 32.2. The SMILES string of the molecule is O=CCCc1cccc2cc(S(=O)(=O)c3ccccc3)cnc12. The van der Waals surface area contributed by atoms with Crippen molar-refractivity contribution in [2.24, 2.45) is 0 Å². The van der Waals surface area contributed by atoms with Gasteiger partial charge in [-0.05, 0) is 30.2 Å². The molecular formula is C18H15NO3S. The third kappa shape index (κ3) is 3.00. The summed E-state index contributed by atoms with van der Waals surface area (Å²) in [6.45, 7) is 0. The van der Waals surface area contributed by atoms with Gasteiger partial charge in [0.1, 0.15) is 6.29 Å². The number of carbonyl (C=O) groups is 1. The number of rotatable bonds is 5. The maximum absolute atomic E-state index is 12.6.